The Hall–Kier alpha value is -1.51. The second-order valence-corrected chi connectivity index (χ2v) is 7.58. The summed E-state index contributed by atoms with van der Waals surface area (Å²) >= 11 is 0. The number of morpholine rings is 1. The van der Waals surface area contributed by atoms with E-state index in [0.717, 1.165) is 57.7 Å². The van der Waals surface area contributed by atoms with Gasteiger partial charge in [-0.3, -0.25) is 9.69 Å². The summed E-state index contributed by atoms with van der Waals surface area (Å²) in [6.07, 6.45) is 3.54. The molecular formula is C18H32N6O2. The molecule has 2 saturated heterocycles. The molecular weight excluding hydrogens is 332 g/mol. The summed E-state index contributed by atoms with van der Waals surface area (Å²) in [5.74, 6) is -0.119. The lowest BCUT2D eigenvalue weighted by molar-refractivity contribution is -0.0680. The average Bonchev–Trinajstić information content (AvgIpc) is 3.00. The highest BCUT2D eigenvalue weighted by atomic mass is 16.5. The number of carbonyl (C=O) groups excluding carboxylic acids is 1. The summed E-state index contributed by atoms with van der Waals surface area (Å²) in [5, 5.41) is 14.7. The molecule has 3 rings (SSSR count). The molecule has 0 radical (unpaired) electrons. The summed E-state index contributed by atoms with van der Waals surface area (Å²) in [6.45, 7) is 11.7. The van der Waals surface area contributed by atoms with Gasteiger partial charge in [-0.2, -0.15) is 0 Å². The summed E-state index contributed by atoms with van der Waals surface area (Å²) in [5.41, 5.74) is 1.32. The van der Waals surface area contributed by atoms with E-state index in [4.69, 9.17) is 4.74 Å². The van der Waals surface area contributed by atoms with Crippen molar-refractivity contribution in [2.24, 2.45) is 0 Å². The predicted octanol–water partition coefficient (Wildman–Crippen LogP) is 0.740. The molecule has 0 aromatic carbocycles. The van der Waals surface area contributed by atoms with Crippen molar-refractivity contribution in [1.29, 1.82) is 0 Å². The molecule has 2 N–H and O–H groups in total. The van der Waals surface area contributed by atoms with Crippen molar-refractivity contribution in [1.82, 2.24) is 30.5 Å². The van der Waals surface area contributed by atoms with Crippen LogP contribution in [0.5, 0.6) is 0 Å². The highest BCUT2D eigenvalue weighted by Crippen LogP contribution is 2.20. The van der Waals surface area contributed by atoms with Gasteiger partial charge >= 0.3 is 0 Å². The van der Waals surface area contributed by atoms with Gasteiger partial charge in [0.2, 0.25) is 0 Å². The first-order chi connectivity index (χ1) is 12.5. The smallest absolute Gasteiger partial charge is 0.273 e. The van der Waals surface area contributed by atoms with E-state index in [1.54, 1.807) is 0 Å². The first-order valence-corrected chi connectivity index (χ1v) is 9.83. The summed E-state index contributed by atoms with van der Waals surface area (Å²) < 4.78 is 7.67. The van der Waals surface area contributed by atoms with Crippen LogP contribution in [-0.4, -0.2) is 77.3 Å². The minimum Gasteiger partial charge on any atom is -0.373 e. The van der Waals surface area contributed by atoms with Crippen molar-refractivity contribution in [3.8, 4) is 0 Å². The zero-order valence-electron chi connectivity index (χ0n) is 16.2. The van der Waals surface area contributed by atoms with Gasteiger partial charge in [0, 0.05) is 26.2 Å². The number of rotatable bonds is 6. The van der Waals surface area contributed by atoms with E-state index in [2.05, 4.69) is 39.7 Å². The lowest BCUT2D eigenvalue weighted by Gasteiger charge is -2.35. The van der Waals surface area contributed by atoms with E-state index in [0.29, 0.717) is 18.3 Å². The van der Waals surface area contributed by atoms with Crippen LogP contribution in [0.1, 0.15) is 55.3 Å². The number of nitrogens with one attached hydrogen (secondary N) is 2. The third kappa shape index (κ3) is 4.81. The molecule has 3 heterocycles. The van der Waals surface area contributed by atoms with Gasteiger partial charge in [-0.05, 0) is 53.1 Å². The molecule has 8 heteroatoms. The fourth-order valence-corrected chi connectivity index (χ4v) is 4.00. The Morgan fingerprint density at radius 3 is 2.65 bits per heavy atom. The fourth-order valence-electron chi connectivity index (χ4n) is 4.00. The Kier molecular flexibility index (Phi) is 6.61. The van der Waals surface area contributed by atoms with E-state index < -0.39 is 0 Å². The first kappa shape index (κ1) is 19.3. The van der Waals surface area contributed by atoms with E-state index >= 15 is 0 Å². The molecule has 2 unspecified atom stereocenters. The second kappa shape index (κ2) is 8.92. The van der Waals surface area contributed by atoms with Crippen LogP contribution >= 0.6 is 0 Å². The Balaban J connectivity index is 1.44. The molecule has 1 amide bonds. The summed E-state index contributed by atoms with van der Waals surface area (Å²) in [6, 6.07) is 0.343. The average molecular weight is 364 g/mol. The Labute approximate surface area is 155 Å². The van der Waals surface area contributed by atoms with Crippen LogP contribution < -0.4 is 10.6 Å². The third-order valence-corrected chi connectivity index (χ3v) is 5.23. The number of carbonyl (C=O) groups is 1. The standard InChI is InChI=1S/C18H32N6O2/c1-13-11-23(12-14(2)26-13)10-4-7-20-18(25)17-15(3)24(22-21-17)16-5-8-19-9-6-16/h13-14,16,19H,4-12H2,1-3H3,(H,20,25). The van der Waals surface area contributed by atoms with Crippen molar-refractivity contribution in [3.05, 3.63) is 11.4 Å². The van der Waals surface area contributed by atoms with Gasteiger partial charge in [0.25, 0.3) is 5.91 Å². The van der Waals surface area contributed by atoms with Crippen LogP contribution in [0.3, 0.4) is 0 Å². The van der Waals surface area contributed by atoms with Crippen molar-refractivity contribution >= 4 is 5.91 Å². The number of aromatic nitrogens is 3. The number of amides is 1. The topological polar surface area (TPSA) is 84.3 Å². The second-order valence-electron chi connectivity index (χ2n) is 7.58. The highest BCUT2D eigenvalue weighted by molar-refractivity contribution is 5.93. The van der Waals surface area contributed by atoms with Gasteiger partial charge in [-0.1, -0.05) is 5.21 Å². The lowest BCUT2D eigenvalue weighted by Crippen LogP contribution is -2.46. The van der Waals surface area contributed by atoms with Crippen LogP contribution in [0.4, 0.5) is 0 Å². The summed E-state index contributed by atoms with van der Waals surface area (Å²) in [4.78, 5) is 14.9. The van der Waals surface area contributed by atoms with Crippen molar-refractivity contribution in [2.75, 3.05) is 39.3 Å². The van der Waals surface area contributed by atoms with E-state index in [9.17, 15) is 4.79 Å². The predicted molar refractivity (Wildman–Crippen MR) is 99.3 cm³/mol. The molecule has 26 heavy (non-hydrogen) atoms. The number of hydrogen-bond acceptors (Lipinski definition) is 6. The maximum atomic E-state index is 12.4. The van der Waals surface area contributed by atoms with Gasteiger partial charge in [-0.25, -0.2) is 4.68 Å². The Morgan fingerprint density at radius 2 is 1.96 bits per heavy atom. The molecule has 2 aliphatic heterocycles. The number of ether oxygens (including phenoxy) is 1. The van der Waals surface area contributed by atoms with Crippen LogP contribution in [0.2, 0.25) is 0 Å². The maximum absolute atomic E-state index is 12.4. The molecule has 0 bridgehead atoms. The number of hydrogen-bond donors (Lipinski definition) is 2. The lowest BCUT2D eigenvalue weighted by atomic mass is 10.1. The Bertz CT molecular complexity index is 589. The Morgan fingerprint density at radius 1 is 1.27 bits per heavy atom. The van der Waals surface area contributed by atoms with Crippen molar-refractivity contribution in [3.63, 3.8) is 0 Å². The molecule has 2 fully saturated rings. The molecule has 8 nitrogen and oxygen atoms in total. The van der Waals surface area contributed by atoms with Crippen LogP contribution in [0, 0.1) is 6.92 Å². The van der Waals surface area contributed by atoms with Crippen LogP contribution in [0.15, 0.2) is 0 Å². The molecule has 1 aromatic rings. The van der Waals surface area contributed by atoms with E-state index in [-0.39, 0.29) is 18.1 Å². The number of nitrogens with zero attached hydrogens (tertiary/aromatic N) is 4. The molecule has 0 saturated carbocycles. The normalized spacial score (nSPS) is 25.3. The molecule has 0 spiro atoms. The monoisotopic (exact) mass is 364 g/mol. The summed E-state index contributed by atoms with van der Waals surface area (Å²) in [7, 11) is 0. The van der Waals surface area contributed by atoms with Crippen LogP contribution in [0.25, 0.3) is 0 Å². The number of piperidine rings is 1. The first-order valence-electron chi connectivity index (χ1n) is 9.83. The van der Waals surface area contributed by atoms with E-state index in [1.165, 1.54) is 0 Å². The van der Waals surface area contributed by atoms with Gasteiger partial charge in [0.1, 0.15) is 0 Å². The highest BCUT2D eigenvalue weighted by Gasteiger charge is 2.23. The molecule has 0 aliphatic carbocycles. The maximum Gasteiger partial charge on any atom is 0.273 e. The van der Waals surface area contributed by atoms with Gasteiger partial charge in [-0.15, -0.1) is 5.10 Å². The molecule has 2 aliphatic rings. The van der Waals surface area contributed by atoms with Gasteiger partial charge in [0.15, 0.2) is 5.69 Å². The van der Waals surface area contributed by atoms with Crippen molar-refractivity contribution < 1.29 is 9.53 Å². The molecule has 2 atom stereocenters. The zero-order chi connectivity index (χ0) is 18.5. The third-order valence-electron chi connectivity index (χ3n) is 5.23. The fraction of sp³-hybridized carbons (Fsp3) is 0.833. The van der Waals surface area contributed by atoms with Crippen LogP contribution in [-0.2, 0) is 4.74 Å². The largest absolute Gasteiger partial charge is 0.373 e. The molecule has 146 valence electrons. The van der Waals surface area contributed by atoms with Gasteiger partial charge in [0.05, 0.1) is 23.9 Å². The quantitative estimate of drug-likeness (QED) is 0.725. The van der Waals surface area contributed by atoms with Gasteiger partial charge < -0.3 is 15.4 Å². The minimum atomic E-state index is -0.119. The van der Waals surface area contributed by atoms with Crippen molar-refractivity contribution in [2.45, 2.75) is 58.3 Å². The zero-order valence-corrected chi connectivity index (χ0v) is 16.2. The SMILES string of the molecule is Cc1c(C(=O)NCCCN2CC(C)OC(C)C2)nnn1C1CCNCC1. The minimum absolute atomic E-state index is 0.119. The van der Waals surface area contributed by atoms with E-state index in [1.807, 2.05) is 11.6 Å². The molecule has 1 aromatic heterocycles.